The Morgan fingerprint density at radius 3 is 1.61 bits per heavy atom. The van der Waals surface area contributed by atoms with E-state index in [0.717, 1.165) is 44.9 Å². The lowest BCUT2D eigenvalue weighted by Crippen LogP contribution is -2.45. The Morgan fingerprint density at radius 2 is 1.05 bits per heavy atom. The van der Waals surface area contributed by atoms with Crippen molar-refractivity contribution in [1.29, 1.82) is 0 Å². The van der Waals surface area contributed by atoms with Crippen LogP contribution in [-0.4, -0.2) is 34.9 Å². The first-order chi connectivity index (χ1) is 18.7. The molecule has 0 spiro atoms. The van der Waals surface area contributed by atoms with Gasteiger partial charge in [0, 0.05) is 6.42 Å². The summed E-state index contributed by atoms with van der Waals surface area (Å²) in [5, 5.41) is 22.7. The number of hydrogen-bond donors (Lipinski definition) is 3. The topological polar surface area (TPSA) is 69.6 Å². The first kappa shape index (κ1) is 36.6. The smallest absolute Gasteiger partial charge is 0.220 e. The van der Waals surface area contributed by atoms with E-state index in [-0.39, 0.29) is 12.5 Å². The zero-order chi connectivity index (χ0) is 27.9. The van der Waals surface area contributed by atoms with Crippen molar-refractivity contribution in [2.24, 2.45) is 0 Å². The van der Waals surface area contributed by atoms with E-state index < -0.39 is 12.1 Å². The fourth-order valence-corrected chi connectivity index (χ4v) is 4.52. The van der Waals surface area contributed by atoms with Crippen LogP contribution in [0.1, 0.15) is 155 Å². The highest BCUT2D eigenvalue weighted by molar-refractivity contribution is 5.76. The average molecular weight is 534 g/mol. The van der Waals surface area contributed by atoms with Crippen LogP contribution in [0.4, 0.5) is 0 Å². The summed E-state index contributed by atoms with van der Waals surface area (Å²) < 4.78 is 0. The lowest BCUT2D eigenvalue weighted by molar-refractivity contribution is -0.123. The van der Waals surface area contributed by atoms with Gasteiger partial charge in [0.05, 0.1) is 18.8 Å². The van der Waals surface area contributed by atoms with Gasteiger partial charge in [0.25, 0.3) is 0 Å². The summed E-state index contributed by atoms with van der Waals surface area (Å²) in [7, 11) is 0. The molecule has 3 N–H and O–H groups in total. The van der Waals surface area contributed by atoms with Crippen molar-refractivity contribution < 1.29 is 15.0 Å². The summed E-state index contributed by atoms with van der Waals surface area (Å²) in [5.41, 5.74) is 0. The van der Waals surface area contributed by atoms with E-state index in [1.165, 1.54) is 89.9 Å². The molecule has 0 aromatic rings. The molecule has 0 radical (unpaired) electrons. The molecule has 2 atom stereocenters. The van der Waals surface area contributed by atoms with Gasteiger partial charge in [-0.2, -0.15) is 0 Å². The van der Waals surface area contributed by atoms with Crippen LogP contribution in [0.3, 0.4) is 0 Å². The van der Waals surface area contributed by atoms with Crippen LogP contribution in [0.25, 0.3) is 0 Å². The molecule has 0 aromatic carbocycles. The van der Waals surface area contributed by atoms with Crippen molar-refractivity contribution in [2.45, 2.75) is 167 Å². The van der Waals surface area contributed by atoms with Crippen LogP contribution in [0, 0.1) is 0 Å². The minimum Gasteiger partial charge on any atom is -0.394 e. The molecule has 0 fully saturated rings. The second-order valence-electron chi connectivity index (χ2n) is 10.9. The Balaban J connectivity index is 3.74. The van der Waals surface area contributed by atoms with Gasteiger partial charge in [-0.05, 0) is 51.4 Å². The largest absolute Gasteiger partial charge is 0.394 e. The highest BCUT2D eigenvalue weighted by Gasteiger charge is 2.17. The standard InChI is InChI=1S/C34H63NO3/c1-3-5-7-9-11-13-15-16-17-18-20-21-23-25-27-29-33(37)32(31-36)35-34(38)30-28-26-24-22-19-14-12-10-8-6-4-2/h10,12,20-21,27,29,32-33,36-37H,3-9,11,13-19,22-26,28,30-31H2,1-2H3,(H,35,38)/b12-10-,21-20+,29-27+. The summed E-state index contributed by atoms with van der Waals surface area (Å²) in [4.78, 5) is 12.2. The Labute approximate surface area is 236 Å². The Kier molecular flexibility index (Phi) is 29.1. The molecule has 1 amide bonds. The normalized spacial score (nSPS) is 13.7. The van der Waals surface area contributed by atoms with E-state index in [0.29, 0.717) is 6.42 Å². The van der Waals surface area contributed by atoms with E-state index in [1.807, 2.05) is 6.08 Å². The summed E-state index contributed by atoms with van der Waals surface area (Å²) in [6, 6.07) is -0.638. The van der Waals surface area contributed by atoms with Crippen molar-refractivity contribution in [3.8, 4) is 0 Å². The van der Waals surface area contributed by atoms with Gasteiger partial charge in [0.1, 0.15) is 0 Å². The molecule has 0 heterocycles. The number of aliphatic hydroxyl groups is 2. The molecule has 0 saturated carbocycles. The molecule has 0 aliphatic carbocycles. The number of rotatable bonds is 28. The second kappa shape index (κ2) is 30.2. The minimum absolute atomic E-state index is 0.0882. The average Bonchev–Trinajstić information content (AvgIpc) is 2.92. The van der Waals surface area contributed by atoms with Gasteiger partial charge in [-0.1, -0.05) is 134 Å². The van der Waals surface area contributed by atoms with Gasteiger partial charge in [-0.3, -0.25) is 4.79 Å². The monoisotopic (exact) mass is 533 g/mol. The maximum atomic E-state index is 12.2. The van der Waals surface area contributed by atoms with Crippen LogP contribution in [0.5, 0.6) is 0 Å². The van der Waals surface area contributed by atoms with Crippen molar-refractivity contribution in [2.75, 3.05) is 6.61 Å². The third-order valence-corrected chi connectivity index (χ3v) is 7.10. The molecule has 0 aliphatic heterocycles. The molecular weight excluding hydrogens is 470 g/mol. The number of nitrogens with one attached hydrogen (secondary N) is 1. The third-order valence-electron chi connectivity index (χ3n) is 7.10. The lowest BCUT2D eigenvalue weighted by atomic mass is 10.1. The zero-order valence-electron chi connectivity index (χ0n) is 25.2. The van der Waals surface area contributed by atoms with Gasteiger partial charge in [-0.25, -0.2) is 0 Å². The Morgan fingerprint density at radius 1 is 0.605 bits per heavy atom. The maximum Gasteiger partial charge on any atom is 0.220 e. The van der Waals surface area contributed by atoms with Gasteiger partial charge in [-0.15, -0.1) is 0 Å². The number of amides is 1. The van der Waals surface area contributed by atoms with Gasteiger partial charge < -0.3 is 15.5 Å². The lowest BCUT2D eigenvalue weighted by Gasteiger charge is -2.19. The number of carbonyl (C=O) groups is 1. The van der Waals surface area contributed by atoms with E-state index in [1.54, 1.807) is 6.08 Å². The first-order valence-electron chi connectivity index (χ1n) is 16.2. The summed E-state index contributed by atoms with van der Waals surface area (Å²) >= 11 is 0. The number of unbranched alkanes of at least 4 members (excludes halogenated alkanes) is 17. The number of hydrogen-bond acceptors (Lipinski definition) is 3. The highest BCUT2D eigenvalue weighted by atomic mass is 16.3. The fraction of sp³-hybridized carbons (Fsp3) is 0.794. The van der Waals surface area contributed by atoms with Crippen molar-refractivity contribution in [1.82, 2.24) is 5.32 Å². The quantitative estimate of drug-likeness (QED) is 0.0693. The highest BCUT2D eigenvalue weighted by Crippen LogP contribution is 2.11. The van der Waals surface area contributed by atoms with Crippen LogP contribution < -0.4 is 5.32 Å². The van der Waals surface area contributed by atoms with Crippen molar-refractivity contribution in [3.05, 3.63) is 36.5 Å². The summed E-state index contributed by atoms with van der Waals surface area (Å²) in [5.74, 6) is -0.0882. The van der Waals surface area contributed by atoms with E-state index >= 15 is 0 Å². The van der Waals surface area contributed by atoms with Crippen LogP contribution in [0.2, 0.25) is 0 Å². The maximum absolute atomic E-state index is 12.2. The molecule has 0 rings (SSSR count). The Bertz CT molecular complexity index is 584. The van der Waals surface area contributed by atoms with Crippen molar-refractivity contribution >= 4 is 5.91 Å². The first-order valence-corrected chi connectivity index (χ1v) is 16.2. The van der Waals surface area contributed by atoms with E-state index in [4.69, 9.17) is 0 Å². The number of carbonyl (C=O) groups excluding carboxylic acids is 1. The predicted molar refractivity (Wildman–Crippen MR) is 165 cm³/mol. The summed E-state index contributed by atoms with van der Waals surface area (Å²) in [6.45, 7) is 4.22. The molecule has 4 heteroatoms. The molecule has 0 aromatic heterocycles. The van der Waals surface area contributed by atoms with Crippen molar-refractivity contribution in [3.63, 3.8) is 0 Å². The Hall–Kier alpha value is -1.39. The molecule has 2 unspecified atom stereocenters. The molecule has 0 bridgehead atoms. The van der Waals surface area contributed by atoms with Gasteiger partial charge >= 0.3 is 0 Å². The zero-order valence-corrected chi connectivity index (χ0v) is 25.2. The van der Waals surface area contributed by atoms with Crippen LogP contribution in [-0.2, 0) is 4.79 Å². The minimum atomic E-state index is -0.861. The molecule has 222 valence electrons. The predicted octanol–water partition coefficient (Wildman–Crippen LogP) is 9.12. The van der Waals surface area contributed by atoms with Crippen LogP contribution >= 0.6 is 0 Å². The number of allylic oxidation sites excluding steroid dienone is 5. The molecule has 0 saturated heterocycles. The SMILES string of the molecule is CCCC/C=C\CCCCCCCC(=O)NC(CO)C(O)/C=C/CC/C=C/CCCCCCCCCCC. The van der Waals surface area contributed by atoms with Gasteiger partial charge in [0.15, 0.2) is 0 Å². The third kappa shape index (κ3) is 26.2. The molecule has 38 heavy (non-hydrogen) atoms. The molecule has 4 nitrogen and oxygen atoms in total. The summed E-state index contributed by atoms with van der Waals surface area (Å²) in [6.07, 6.45) is 37.9. The fourth-order valence-electron chi connectivity index (χ4n) is 4.52. The number of aliphatic hydroxyl groups excluding tert-OH is 2. The molecule has 0 aliphatic rings. The molecular formula is C34H63NO3. The van der Waals surface area contributed by atoms with Gasteiger partial charge in [0.2, 0.25) is 5.91 Å². The van der Waals surface area contributed by atoms with E-state index in [2.05, 4.69) is 43.5 Å². The second-order valence-corrected chi connectivity index (χ2v) is 10.9. The van der Waals surface area contributed by atoms with E-state index in [9.17, 15) is 15.0 Å². The van der Waals surface area contributed by atoms with Crippen LogP contribution in [0.15, 0.2) is 36.5 Å².